The standard InChI is InChI=1S/C28H31N5O6S/c1-16-17(2)40-27(31-16)32-25(35)24(33(15-34)39-28(3,4)5)18-8-10-19(11-9-18)38-26-20-12-22(36-6)23(37-7)13-21(20)29-14-30-26/h8-15,24H,1-7H3,(H,31,32,35)/t24-/m0/s1. The summed E-state index contributed by atoms with van der Waals surface area (Å²) in [6.45, 7) is 9.16. The Morgan fingerprint density at radius 1 is 1.05 bits per heavy atom. The van der Waals surface area contributed by atoms with Crippen molar-refractivity contribution in [2.75, 3.05) is 19.5 Å². The number of benzene rings is 2. The minimum Gasteiger partial charge on any atom is -0.493 e. The number of aromatic nitrogens is 3. The molecule has 2 aromatic carbocycles. The van der Waals surface area contributed by atoms with Crippen molar-refractivity contribution in [1.82, 2.24) is 20.0 Å². The first kappa shape index (κ1) is 28.7. The van der Waals surface area contributed by atoms with E-state index in [4.69, 9.17) is 19.0 Å². The zero-order valence-electron chi connectivity index (χ0n) is 23.3. The second kappa shape index (κ2) is 11.8. The number of hydroxylamine groups is 2. The van der Waals surface area contributed by atoms with Gasteiger partial charge in [0.05, 0.1) is 36.4 Å². The van der Waals surface area contributed by atoms with Crippen molar-refractivity contribution < 1.29 is 28.6 Å². The van der Waals surface area contributed by atoms with Gasteiger partial charge in [0.2, 0.25) is 12.3 Å². The molecule has 2 aromatic heterocycles. The number of rotatable bonds is 10. The summed E-state index contributed by atoms with van der Waals surface area (Å²) >= 11 is 1.36. The second-order valence-electron chi connectivity index (χ2n) is 9.80. The van der Waals surface area contributed by atoms with Crippen LogP contribution in [0.1, 0.15) is 42.9 Å². The van der Waals surface area contributed by atoms with Gasteiger partial charge in [-0.3, -0.25) is 19.7 Å². The van der Waals surface area contributed by atoms with Gasteiger partial charge in [-0.2, -0.15) is 0 Å². The first-order chi connectivity index (χ1) is 19.0. The maximum absolute atomic E-state index is 13.5. The molecule has 0 aliphatic carbocycles. The maximum atomic E-state index is 13.5. The van der Waals surface area contributed by atoms with E-state index in [0.29, 0.717) is 51.1 Å². The third-order valence-electron chi connectivity index (χ3n) is 5.76. The van der Waals surface area contributed by atoms with Gasteiger partial charge >= 0.3 is 0 Å². The van der Waals surface area contributed by atoms with Gasteiger partial charge in [-0.1, -0.05) is 12.1 Å². The topological polar surface area (TPSA) is 125 Å². The van der Waals surface area contributed by atoms with Gasteiger partial charge in [0, 0.05) is 10.9 Å². The van der Waals surface area contributed by atoms with Gasteiger partial charge in [0.15, 0.2) is 22.7 Å². The Morgan fingerprint density at radius 2 is 1.73 bits per heavy atom. The lowest BCUT2D eigenvalue weighted by Crippen LogP contribution is -2.41. The van der Waals surface area contributed by atoms with Crippen LogP contribution in [-0.4, -0.2) is 52.2 Å². The van der Waals surface area contributed by atoms with E-state index in [9.17, 15) is 9.59 Å². The monoisotopic (exact) mass is 565 g/mol. The van der Waals surface area contributed by atoms with Crippen LogP contribution in [-0.2, 0) is 14.4 Å². The largest absolute Gasteiger partial charge is 0.493 e. The fourth-order valence-corrected chi connectivity index (χ4v) is 4.65. The molecule has 0 unspecified atom stereocenters. The zero-order chi connectivity index (χ0) is 29.0. The lowest BCUT2D eigenvalue weighted by molar-refractivity contribution is -0.231. The highest BCUT2D eigenvalue weighted by Gasteiger charge is 2.32. The van der Waals surface area contributed by atoms with Crippen LogP contribution in [0.2, 0.25) is 0 Å². The number of amides is 2. The van der Waals surface area contributed by atoms with Crippen LogP contribution in [0.15, 0.2) is 42.7 Å². The molecule has 0 spiro atoms. The van der Waals surface area contributed by atoms with Gasteiger partial charge in [0.1, 0.15) is 12.1 Å². The Bertz CT molecular complexity index is 1500. The number of carbonyl (C=O) groups is 2. The maximum Gasteiger partial charge on any atom is 0.256 e. The average molecular weight is 566 g/mol. The molecule has 4 aromatic rings. The van der Waals surface area contributed by atoms with E-state index in [1.54, 1.807) is 71.4 Å². The lowest BCUT2D eigenvalue weighted by Gasteiger charge is -2.32. The van der Waals surface area contributed by atoms with E-state index >= 15 is 0 Å². The van der Waals surface area contributed by atoms with Gasteiger partial charge in [0.25, 0.3) is 5.91 Å². The lowest BCUT2D eigenvalue weighted by atomic mass is 10.1. The Labute approximate surface area is 236 Å². The van der Waals surface area contributed by atoms with Crippen molar-refractivity contribution in [1.29, 1.82) is 0 Å². The molecule has 2 heterocycles. The highest BCUT2D eigenvalue weighted by atomic mass is 32.1. The number of thiazole rings is 1. The molecule has 0 aliphatic rings. The molecule has 0 bridgehead atoms. The Hall–Kier alpha value is -4.29. The Balaban J connectivity index is 1.65. The van der Waals surface area contributed by atoms with E-state index in [0.717, 1.165) is 15.6 Å². The number of anilines is 1. The van der Waals surface area contributed by atoms with E-state index in [1.165, 1.54) is 17.7 Å². The highest BCUT2D eigenvalue weighted by molar-refractivity contribution is 7.15. The number of aryl methyl sites for hydroxylation is 2. The van der Waals surface area contributed by atoms with Crippen LogP contribution in [0.3, 0.4) is 0 Å². The van der Waals surface area contributed by atoms with Gasteiger partial charge in [-0.25, -0.2) is 20.0 Å². The first-order valence-electron chi connectivity index (χ1n) is 12.3. The molecule has 1 atom stereocenters. The number of nitrogens with one attached hydrogen (secondary N) is 1. The summed E-state index contributed by atoms with van der Waals surface area (Å²) in [7, 11) is 3.09. The molecule has 0 saturated heterocycles. The summed E-state index contributed by atoms with van der Waals surface area (Å²) in [5, 5.41) is 4.89. The molecule has 40 heavy (non-hydrogen) atoms. The minimum absolute atomic E-state index is 0.313. The average Bonchev–Trinajstić information content (AvgIpc) is 3.23. The molecule has 210 valence electrons. The number of hydrogen-bond acceptors (Lipinski definition) is 10. The molecular weight excluding hydrogens is 534 g/mol. The predicted octanol–water partition coefficient (Wildman–Crippen LogP) is 5.38. The third kappa shape index (κ3) is 6.46. The first-order valence-corrected chi connectivity index (χ1v) is 13.2. The number of nitrogens with zero attached hydrogens (tertiary/aromatic N) is 4. The molecule has 4 rings (SSSR count). The normalized spacial score (nSPS) is 12.1. The highest BCUT2D eigenvalue weighted by Crippen LogP contribution is 2.36. The number of ether oxygens (including phenoxy) is 3. The summed E-state index contributed by atoms with van der Waals surface area (Å²) in [4.78, 5) is 45.3. The van der Waals surface area contributed by atoms with Crippen molar-refractivity contribution in [2.24, 2.45) is 0 Å². The molecule has 12 heteroatoms. The van der Waals surface area contributed by atoms with Gasteiger partial charge < -0.3 is 14.2 Å². The van der Waals surface area contributed by atoms with Crippen molar-refractivity contribution in [3.8, 4) is 23.1 Å². The quantitative estimate of drug-likeness (QED) is 0.199. The number of fused-ring (bicyclic) bond motifs is 1. The van der Waals surface area contributed by atoms with E-state index in [1.807, 2.05) is 13.8 Å². The van der Waals surface area contributed by atoms with Crippen LogP contribution in [0.4, 0.5) is 5.13 Å². The summed E-state index contributed by atoms with van der Waals surface area (Å²) in [6, 6.07) is 9.13. The molecule has 0 radical (unpaired) electrons. The van der Waals surface area contributed by atoms with Crippen LogP contribution < -0.4 is 19.5 Å². The zero-order valence-corrected chi connectivity index (χ0v) is 24.2. The summed E-state index contributed by atoms with van der Waals surface area (Å²) in [5.41, 5.74) is 1.22. The van der Waals surface area contributed by atoms with Gasteiger partial charge in [-0.05, 0) is 58.4 Å². The van der Waals surface area contributed by atoms with E-state index < -0.39 is 17.6 Å². The summed E-state index contributed by atoms with van der Waals surface area (Å²) in [6.07, 6.45) is 1.89. The number of hydrogen-bond donors (Lipinski definition) is 1. The minimum atomic E-state index is -1.09. The Morgan fingerprint density at radius 3 is 2.30 bits per heavy atom. The molecule has 1 N–H and O–H groups in total. The molecule has 0 aliphatic heterocycles. The van der Waals surface area contributed by atoms with Crippen LogP contribution in [0.5, 0.6) is 23.1 Å². The SMILES string of the molecule is COc1cc2ncnc(Oc3ccc([C@@H](C(=O)Nc4nc(C)c(C)s4)N(C=O)OC(C)(C)C)cc3)c2cc1OC. The van der Waals surface area contributed by atoms with Crippen LogP contribution >= 0.6 is 11.3 Å². The second-order valence-corrected chi connectivity index (χ2v) is 11.0. The van der Waals surface area contributed by atoms with E-state index in [-0.39, 0.29) is 0 Å². The smallest absolute Gasteiger partial charge is 0.256 e. The molecule has 11 nitrogen and oxygen atoms in total. The number of methoxy groups -OCH3 is 2. The molecule has 0 fully saturated rings. The van der Waals surface area contributed by atoms with Crippen molar-refractivity contribution in [3.63, 3.8) is 0 Å². The van der Waals surface area contributed by atoms with Crippen LogP contribution in [0.25, 0.3) is 10.9 Å². The molecule has 0 saturated carbocycles. The molecular formula is C28H31N5O6S. The molecule has 2 amide bonds. The third-order valence-corrected chi connectivity index (χ3v) is 6.75. The van der Waals surface area contributed by atoms with Crippen molar-refractivity contribution in [3.05, 3.63) is 58.9 Å². The van der Waals surface area contributed by atoms with Crippen LogP contribution in [0, 0.1) is 13.8 Å². The van der Waals surface area contributed by atoms with Crippen molar-refractivity contribution in [2.45, 2.75) is 46.3 Å². The fraction of sp³-hybridized carbons (Fsp3) is 0.321. The Kier molecular flexibility index (Phi) is 8.50. The number of carbonyl (C=O) groups excluding carboxylic acids is 2. The van der Waals surface area contributed by atoms with Crippen molar-refractivity contribution >= 4 is 39.7 Å². The van der Waals surface area contributed by atoms with Gasteiger partial charge in [-0.15, -0.1) is 11.3 Å². The summed E-state index contributed by atoms with van der Waals surface area (Å²) < 4.78 is 16.8. The summed E-state index contributed by atoms with van der Waals surface area (Å²) in [5.74, 6) is 1.35. The fourth-order valence-electron chi connectivity index (χ4n) is 3.84. The predicted molar refractivity (Wildman–Crippen MR) is 151 cm³/mol. The van der Waals surface area contributed by atoms with E-state index in [2.05, 4.69) is 20.3 Å².